The number of rotatable bonds is 5. The van der Waals surface area contributed by atoms with Gasteiger partial charge < -0.3 is 14.6 Å². The Morgan fingerprint density at radius 3 is 3.05 bits per heavy atom. The van der Waals surface area contributed by atoms with Gasteiger partial charge in [0.25, 0.3) is 0 Å². The molecule has 2 aromatic heterocycles. The van der Waals surface area contributed by atoms with Gasteiger partial charge in [-0.25, -0.2) is 4.98 Å². The van der Waals surface area contributed by atoms with Crippen LogP contribution in [0.25, 0.3) is 11.4 Å². The highest BCUT2D eigenvalue weighted by Crippen LogP contribution is 2.22. The van der Waals surface area contributed by atoms with E-state index < -0.39 is 0 Å². The first kappa shape index (κ1) is 13.1. The molecule has 0 aliphatic carbocycles. The van der Waals surface area contributed by atoms with Crippen LogP contribution in [0.5, 0.6) is 5.75 Å². The van der Waals surface area contributed by atoms with Crippen molar-refractivity contribution in [1.82, 2.24) is 24.9 Å². The molecule has 108 valence electrons. The van der Waals surface area contributed by atoms with Crippen LogP contribution in [-0.2, 0) is 13.6 Å². The number of nitrogens with zero attached hydrogens (tertiary/aromatic N) is 5. The molecule has 1 N–H and O–H groups in total. The largest absolute Gasteiger partial charge is 0.497 e. The minimum Gasteiger partial charge on any atom is -0.497 e. The summed E-state index contributed by atoms with van der Waals surface area (Å²) in [4.78, 5) is 8.38. The van der Waals surface area contributed by atoms with Crippen LogP contribution in [0.2, 0.25) is 0 Å². The molecule has 2 heterocycles. The van der Waals surface area contributed by atoms with Gasteiger partial charge in [-0.3, -0.25) is 4.68 Å². The van der Waals surface area contributed by atoms with Gasteiger partial charge in [0.05, 0.1) is 13.7 Å². The van der Waals surface area contributed by atoms with Crippen molar-refractivity contribution in [3.63, 3.8) is 0 Å². The summed E-state index contributed by atoms with van der Waals surface area (Å²) < 4.78 is 12.0. The van der Waals surface area contributed by atoms with Gasteiger partial charge >= 0.3 is 6.01 Å². The Kier molecular flexibility index (Phi) is 3.50. The van der Waals surface area contributed by atoms with Gasteiger partial charge in [-0.2, -0.15) is 10.1 Å². The van der Waals surface area contributed by atoms with E-state index in [0.29, 0.717) is 18.4 Å². The number of methoxy groups -OCH3 is 1. The zero-order chi connectivity index (χ0) is 14.7. The van der Waals surface area contributed by atoms with Crippen molar-refractivity contribution in [1.29, 1.82) is 0 Å². The van der Waals surface area contributed by atoms with Gasteiger partial charge in [0.2, 0.25) is 5.82 Å². The Hall–Kier alpha value is -2.90. The molecule has 0 atom stereocenters. The lowest BCUT2D eigenvalue weighted by Gasteiger charge is -2.00. The van der Waals surface area contributed by atoms with E-state index in [4.69, 9.17) is 9.26 Å². The maximum absolute atomic E-state index is 5.17. The van der Waals surface area contributed by atoms with Crippen molar-refractivity contribution < 1.29 is 9.26 Å². The van der Waals surface area contributed by atoms with Crippen LogP contribution in [0, 0.1) is 0 Å². The van der Waals surface area contributed by atoms with E-state index in [1.54, 1.807) is 11.8 Å². The van der Waals surface area contributed by atoms with E-state index in [1.807, 2.05) is 31.3 Å². The number of hydrogen-bond acceptors (Lipinski definition) is 7. The van der Waals surface area contributed by atoms with E-state index >= 15 is 0 Å². The number of benzene rings is 1. The van der Waals surface area contributed by atoms with Gasteiger partial charge in [-0.05, 0) is 12.1 Å². The molecule has 0 saturated carbocycles. The monoisotopic (exact) mass is 286 g/mol. The molecule has 0 aliphatic rings. The Morgan fingerprint density at radius 1 is 1.38 bits per heavy atom. The molecule has 3 aromatic rings. The van der Waals surface area contributed by atoms with Crippen molar-refractivity contribution >= 4 is 6.01 Å². The molecule has 0 aliphatic heterocycles. The van der Waals surface area contributed by atoms with E-state index in [9.17, 15) is 0 Å². The van der Waals surface area contributed by atoms with Crippen LogP contribution in [0.15, 0.2) is 35.1 Å². The number of ether oxygens (including phenoxy) is 1. The van der Waals surface area contributed by atoms with Crippen molar-refractivity contribution in [2.24, 2.45) is 7.05 Å². The Morgan fingerprint density at radius 2 is 2.29 bits per heavy atom. The molecular formula is C13H14N6O2. The molecule has 0 spiro atoms. The smallest absolute Gasteiger partial charge is 0.322 e. The zero-order valence-corrected chi connectivity index (χ0v) is 11.6. The number of aromatic nitrogens is 5. The third-order valence-corrected chi connectivity index (χ3v) is 2.96. The molecule has 8 heteroatoms. The molecule has 21 heavy (non-hydrogen) atoms. The molecule has 8 nitrogen and oxygen atoms in total. The fourth-order valence-corrected chi connectivity index (χ4v) is 1.81. The highest BCUT2D eigenvalue weighted by molar-refractivity contribution is 5.57. The highest BCUT2D eigenvalue weighted by atomic mass is 16.5. The third kappa shape index (κ3) is 2.83. The molecule has 0 unspecified atom stereocenters. The first-order chi connectivity index (χ1) is 10.3. The summed E-state index contributed by atoms with van der Waals surface area (Å²) in [5.74, 6) is 2.01. The summed E-state index contributed by atoms with van der Waals surface area (Å²) in [6, 6.07) is 7.79. The van der Waals surface area contributed by atoms with Crippen LogP contribution in [0.1, 0.15) is 5.82 Å². The first-order valence-corrected chi connectivity index (χ1v) is 6.31. The zero-order valence-electron chi connectivity index (χ0n) is 11.6. The lowest BCUT2D eigenvalue weighted by molar-refractivity contribution is 0.414. The average molecular weight is 286 g/mol. The lowest BCUT2D eigenvalue weighted by atomic mass is 10.2. The molecule has 1 aromatic carbocycles. The van der Waals surface area contributed by atoms with Crippen LogP contribution >= 0.6 is 0 Å². The van der Waals surface area contributed by atoms with Gasteiger partial charge in [-0.1, -0.05) is 17.3 Å². The van der Waals surface area contributed by atoms with Gasteiger partial charge in [-0.15, -0.1) is 0 Å². The van der Waals surface area contributed by atoms with Gasteiger partial charge in [0.15, 0.2) is 0 Å². The standard InChI is InChI=1S/C13H14N6O2/c1-19-11(15-8-16-19)7-14-13-17-12(18-21-13)9-4-3-5-10(6-9)20-2/h3-6,8H,7H2,1-2H3,(H,14,17,18). The van der Waals surface area contributed by atoms with E-state index in [0.717, 1.165) is 17.1 Å². The Bertz CT molecular complexity index is 736. The molecule has 0 radical (unpaired) electrons. The summed E-state index contributed by atoms with van der Waals surface area (Å²) in [5.41, 5.74) is 0.824. The Labute approximate surface area is 120 Å². The molecular weight excluding hydrogens is 272 g/mol. The van der Waals surface area contributed by atoms with Crippen LogP contribution < -0.4 is 10.1 Å². The number of hydrogen-bond donors (Lipinski definition) is 1. The van der Waals surface area contributed by atoms with Gasteiger partial charge in [0, 0.05) is 12.6 Å². The lowest BCUT2D eigenvalue weighted by Crippen LogP contribution is -2.06. The number of anilines is 1. The molecule has 0 saturated heterocycles. The normalized spacial score (nSPS) is 10.6. The quantitative estimate of drug-likeness (QED) is 0.759. The van der Waals surface area contributed by atoms with Crippen LogP contribution in [-0.4, -0.2) is 32.0 Å². The number of nitrogens with one attached hydrogen (secondary N) is 1. The minimum atomic E-state index is 0.329. The van der Waals surface area contributed by atoms with Crippen molar-refractivity contribution in [3.8, 4) is 17.1 Å². The summed E-state index contributed by atoms with van der Waals surface area (Å²) >= 11 is 0. The molecule has 0 bridgehead atoms. The topological polar surface area (TPSA) is 90.9 Å². The summed E-state index contributed by atoms with van der Waals surface area (Å²) in [7, 11) is 3.43. The van der Waals surface area contributed by atoms with Crippen LogP contribution in [0.3, 0.4) is 0 Å². The highest BCUT2D eigenvalue weighted by Gasteiger charge is 2.10. The maximum Gasteiger partial charge on any atom is 0.322 e. The Balaban J connectivity index is 1.72. The first-order valence-electron chi connectivity index (χ1n) is 6.31. The van der Waals surface area contributed by atoms with Crippen molar-refractivity contribution in [2.75, 3.05) is 12.4 Å². The average Bonchev–Trinajstić information content (AvgIpc) is 3.14. The summed E-state index contributed by atoms with van der Waals surface area (Å²) in [6.07, 6.45) is 1.49. The van der Waals surface area contributed by atoms with Gasteiger partial charge in [0.1, 0.15) is 17.9 Å². The fourth-order valence-electron chi connectivity index (χ4n) is 1.81. The second-order valence-electron chi connectivity index (χ2n) is 4.31. The van der Waals surface area contributed by atoms with Crippen molar-refractivity contribution in [3.05, 3.63) is 36.4 Å². The summed E-state index contributed by atoms with van der Waals surface area (Å²) in [6.45, 7) is 0.455. The molecule has 3 rings (SSSR count). The van der Waals surface area contributed by atoms with Crippen LogP contribution in [0.4, 0.5) is 6.01 Å². The predicted molar refractivity (Wildman–Crippen MR) is 74.6 cm³/mol. The van der Waals surface area contributed by atoms with E-state index in [-0.39, 0.29) is 0 Å². The molecule has 0 amide bonds. The third-order valence-electron chi connectivity index (χ3n) is 2.96. The van der Waals surface area contributed by atoms with E-state index in [1.165, 1.54) is 6.33 Å². The second kappa shape index (κ2) is 5.61. The van der Waals surface area contributed by atoms with Crippen molar-refractivity contribution in [2.45, 2.75) is 6.54 Å². The number of aryl methyl sites for hydroxylation is 1. The minimum absolute atomic E-state index is 0.329. The SMILES string of the molecule is COc1cccc(-c2noc(NCc3ncnn3C)n2)c1. The van der Waals surface area contributed by atoms with E-state index in [2.05, 4.69) is 25.5 Å². The maximum atomic E-state index is 5.17. The molecule has 0 fully saturated rings. The summed E-state index contributed by atoms with van der Waals surface area (Å²) in [5, 5.41) is 10.9. The second-order valence-corrected chi connectivity index (χ2v) is 4.31. The fraction of sp³-hybridized carbons (Fsp3) is 0.231. The predicted octanol–water partition coefficient (Wildman–Crippen LogP) is 1.49.